The maximum absolute atomic E-state index is 14.0. The second-order valence-electron chi connectivity index (χ2n) is 9.14. The minimum absolute atomic E-state index is 0.0312. The lowest BCUT2D eigenvalue weighted by atomic mass is 9.88. The van der Waals surface area contributed by atoms with Gasteiger partial charge in [0.25, 0.3) is 0 Å². The molecule has 0 unspecified atom stereocenters. The zero-order valence-corrected chi connectivity index (χ0v) is 22.0. The summed E-state index contributed by atoms with van der Waals surface area (Å²) >= 11 is 7.86. The molecule has 1 aliphatic rings. The number of carbonyl (C=O) groups excluding carboxylic acids is 1. The van der Waals surface area contributed by atoms with Crippen molar-refractivity contribution in [1.29, 1.82) is 0 Å². The van der Waals surface area contributed by atoms with Crippen molar-refractivity contribution in [2.24, 2.45) is 0 Å². The van der Waals surface area contributed by atoms with E-state index in [1.807, 2.05) is 60.4 Å². The first-order valence-corrected chi connectivity index (χ1v) is 13.5. The van der Waals surface area contributed by atoms with Crippen molar-refractivity contribution < 1.29 is 9.53 Å². The fourth-order valence-corrected chi connectivity index (χ4v) is 6.20. The van der Waals surface area contributed by atoms with Crippen molar-refractivity contribution in [3.63, 3.8) is 0 Å². The summed E-state index contributed by atoms with van der Waals surface area (Å²) in [6.07, 6.45) is 0.368. The molecule has 4 aromatic rings. The Morgan fingerprint density at radius 1 is 1.06 bits per heavy atom. The molecule has 2 heterocycles. The number of ether oxygens (including phenoxy) is 1. The summed E-state index contributed by atoms with van der Waals surface area (Å²) in [6.45, 7) is 6.61. The van der Waals surface area contributed by atoms with Crippen LogP contribution in [0.5, 0.6) is 0 Å². The topological polar surface area (TPSA) is 45.7 Å². The zero-order valence-electron chi connectivity index (χ0n) is 20.4. The van der Waals surface area contributed by atoms with Crippen molar-refractivity contribution >= 4 is 44.2 Å². The van der Waals surface area contributed by atoms with E-state index < -0.39 is 0 Å². The molecule has 1 saturated heterocycles. The Bertz CT molecular complexity index is 1270. The first-order chi connectivity index (χ1) is 17.6. The summed E-state index contributed by atoms with van der Waals surface area (Å²) in [6, 6.07) is 24.4. The van der Waals surface area contributed by atoms with Gasteiger partial charge >= 0.3 is 0 Å². The number of hydrogen-bond donors (Lipinski definition) is 0. The van der Waals surface area contributed by atoms with Gasteiger partial charge in [0.15, 0.2) is 5.13 Å². The van der Waals surface area contributed by atoms with Gasteiger partial charge in [0.2, 0.25) is 5.91 Å². The van der Waals surface area contributed by atoms with E-state index in [1.165, 1.54) is 11.3 Å². The van der Waals surface area contributed by atoms with Crippen molar-refractivity contribution in [3.8, 4) is 0 Å². The molecule has 1 aromatic heterocycles. The molecule has 1 aliphatic heterocycles. The number of anilines is 1. The number of carbonyl (C=O) groups is 1. The molecule has 0 N–H and O–H groups in total. The Morgan fingerprint density at radius 2 is 1.69 bits per heavy atom. The number of aryl methyl sites for hydroxylation is 1. The second-order valence-corrected chi connectivity index (χ2v) is 10.6. The molecule has 36 heavy (non-hydrogen) atoms. The number of morpholine rings is 1. The van der Waals surface area contributed by atoms with Gasteiger partial charge in [-0.05, 0) is 35.7 Å². The standard InChI is InChI=1S/C29H30ClN3O2S/c1-21-18-24(30)19-26-28(21)31-29(36-26)33(13-12-32-14-16-35-17-15-32)27(34)20-25(22-8-4-2-5-9-22)23-10-6-3-7-11-23/h2-11,18-19,25H,12-17,20H2,1H3. The van der Waals surface area contributed by atoms with Gasteiger partial charge < -0.3 is 4.74 Å². The maximum Gasteiger partial charge on any atom is 0.229 e. The maximum atomic E-state index is 14.0. The summed E-state index contributed by atoms with van der Waals surface area (Å²) in [7, 11) is 0. The molecule has 0 aliphatic carbocycles. The number of halogens is 1. The molecule has 7 heteroatoms. The number of aromatic nitrogens is 1. The molecule has 0 saturated carbocycles. The summed E-state index contributed by atoms with van der Waals surface area (Å²) in [4.78, 5) is 23.2. The number of benzene rings is 3. The van der Waals surface area contributed by atoms with Crippen LogP contribution >= 0.6 is 22.9 Å². The van der Waals surface area contributed by atoms with Crippen molar-refractivity contribution in [1.82, 2.24) is 9.88 Å². The highest BCUT2D eigenvalue weighted by molar-refractivity contribution is 7.22. The SMILES string of the molecule is Cc1cc(Cl)cc2sc(N(CCN3CCOCC3)C(=O)CC(c3ccccc3)c3ccccc3)nc12. The van der Waals surface area contributed by atoms with Crippen LogP contribution in [0.25, 0.3) is 10.2 Å². The first-order valence-electron chi connectivity index (χ1n) is 12.4. The van der Waals surface area contributed by atoms with E-state index in [4.69, 9.17) is 21.3 Å². The summed E-state index contributed by atoms with van der Waals surface area (Å²) in [5.74, 6) is 0.0418. The number of thiazole rings is 1. The molecule has 186 valence electrons. The van der Waals surface area contributed by atoms with Crippen LogP contribution < -0.4 is 4.90 Å². The smallest absolute Gasteiger partial charge is 0.229 e. The minimum Gasteiger partial charge on any atom is -0.379 e. The molecule has 3 aromatic carbocycles. The largest absolute Gasteiger partial charge is 0.379 e. The Hall–Kier alpha value is -2.77. The van der Waals surface area contributed by atoms with Gasteiger partial charge in [-0.2, -0.15) is 0 Å². The highest BCUT2D eigenvalue weighted by Crippen LogP contribution is 2.35. The predicted octanol–water partition coefficient (Wildman–Crippen LogP) is 6.15. The van der Waals surface area contributed by atoms with Crippen LogP contribution in [0.15, 0.2) is 72.8 Å². The third-order valence-electron chi connectivity index (χ3n) is 6.70. The third kappa shape index (κ3) is 5.79. The van der Waals surface area contributed by atoms with Gasteiger partial charge in [-0.25, -0.2) is 4.98 Å². The Kier molecular flexibility index (Phi) is 7.97. The van der Waals surface area contributed by atoms with Crippen LogP contribution in [-0.2, 0) is 9.53 Å². The average Bonchev–Trinajstić information content (AvgIpc) is 3.33. The molecule has 5 nitrogen and oxygen atoms in total. The molecule has 1 fully saturated rings. The summed E-state index contributed by atoms with van der Waals surface area (Å²) < 4.78 is 6.51. The summed E-state index contributed by atoms with van der Waals surface area (Å²) in [5.41, 5.74) is 4.20. The fraction of sp³-hybridized carbons (Fsp3) is 0.310. The van der Waals surface area contributed by atoms with E-state index >= 15 is 0 Å². The van der Waals surface area contributed by atoms with E-state index in [9.17, 15) is 4.79 Å². The molecule has 1 amide bonds. The van der Waals surface area contributed by atoms with Crippen LogP contribution in [-0.4, -0.2) is 55.2 Å². The number of fused-ring (bicyclic) bond motifs is 1. The van der Waals surface area contributed by atoms with E-state index in [2.05, 4.69) is 29.2 Å². The van der Waals surface area contributed by atoms with Crippen LogP contribution in [0.1, 0.15) is 29.0 Å². The Labute approximate surface area is 221 Å². The van der Waals surface area contributed by atoms with Crippen LogP contribution in [0, 0.1) is 6.92 Å². The van der Waals surface area contributed by atoms with Crippen molar-refractivity contribution in [3.05, 3.63) is 94.5 Å². The van der Waals surface area contributed by atoms with Crippen LogP contribution in [0.4, 0.5) is 5.13 Å². The number of nitrogens with zero attached hydrogens (tertiary/aromatic N) is 3. The highest BCUT2D eigenvalue weighted by Gasteiger charge is 2.26. The Balaban J connectivity index is 1.46. The molecular formula is C29H30ClN3O2S. The summed E-state index contributed by atoms with van der Waals surface area (Å²) in [5, 5.41) is 1.42. The second kappa shape index (κ2) is 11.5. The van der Waals surface area contributed by atoms with E-state index in [0.717, 1.165) is 64.9 Å². The van der Waals surface area contributed by atoms with Crippen molar-refractivity contribution in [2.75, 3.05) is 44.3 Å². The third-order valence-corrected chi connectivity index (χ3v) is 7.94. The molecular weight excluding hydrogens is 490 g/mol. The first kappa shape index (κ1) is 24.9. The van der Waals surface area contributed by atoms with E-state index in [0.29, 0.717) is 18.0 Å². The van der Waals surface area contributed by atoms with Gasteiger partial charge in [0.1, 0.15) is 0 Å². The minimum atomic E-state index is -0.0312. The lowest BCUT2D eigenvalue weighted by molar-refractivity contribution is -0.118. The number of rotatable bonds is 8. The zero-order chi connectivity index (χ0) is 24.9. The van der Waals surface area contributed by atoms with Crippen LogP contribution in [0.2, 0.25) is 5.02 Å². The molecule has 0 bridgehead atoms. The lowest BCUT2D eigenvalue weighted by Gasteiger charge is -2.30. The van der Waals surface area contributed by atoms with Crippen molar-refractivity contribution in [2.45, 2.75) is 19.3 Å². The van der Waals surface area contributed by atoms with Gasteiger partial charge in [0.05, 0.1) is 23.4 Å². The fourth-order valence-electron chi connectivity index (χ4n) is 4.73. The Morgan fingerprint density at radius 3 is 2.33 bits per heavy atom. The lowest BCUT2D eigenvalue weighted by Crippen LogP contribution is -2.43. The van der Waals surface area contributed by atoms with E-state index in [1.54, 1.807) is 0 Å². The van der Waals surface area contributed by atoms with Gasteiger partial charge in [-0.3, -0.25) is 14.6 Å². The molecule has 0 radical (unpaired) electrons. The number of hydrogen-bond acceptors (Lipinski definition) is 5. The quantitative estimate of drug-likeness (QED) is 0.280. The van der Waals surface area contributed by atoms with Gasteiger partial charge in [-0.15, -0.1) is 0 Å². The molecule has 0 spiro atoms. The number of amides is 1. The van der Waals surface area contributed by atoms with Gasteiger partial charge in [0, 0.05) is 43.5 Å². The predicted molar refractivity (Wildman–Crippen MR) is 148 cm³/mol. The van der Waals surface area contributed by atoms with Crippen LogP contribution in [0.3, 0.4) is 0 Å². The molecule has 0 atom stereocenters. The monoisotopic (exact) mass is 519 g/mol. The van der Waals surface area contributed by atoms with Gasteiger partial charge in [-0.1, -0.05) is 83.6 Å². The van der Waals surface area contributed by atoms with E-state index in [-0.39, 0.29) is 11.8 Å². The highest BCUT2D eigenvalue weighted by atomic mass is 35.5. The average molecular weight is 520 g/mol. The normalized spacial score (nSPS) is 14.4. The molecule has 5 rings (SSSR count).